The minimum absolute atomic E-state index is 0.0457. The number of rotatable bonds is 10. The molecule has 0 aliphatic carbocycles. The van der Waals surface area contributed by atoms with Gasteiger partial charge in [-0.25, -0.2) is 0 Å². The van der Waals surface area contributed by atoms with Crippen LogP contribution in [0, 0.1) is 5.92 Å². The number of hydrogen-bond donors (Lipinski definition) is 4. The number of amides is 3. The van der Waals surface area contributed by atoms with Crippen LogP contribution in [-0.4, -0.2) is 57.0 Å². The molecule has 4 aromatic rings. The van der Waals surface area contributed by atoms with E-state index in [1.165, 1.54) is 0 Å². The number of benzene rings is 3. The number of aromatic nitrogens is 1. The van der Waals surface area contributed by atoms with E-state index in [1.807, 2.05) is 66.9 Å². The predicted molar refractivity (Wildman–Crippen MR) is 173 cm³/mol. The number of hydrogen-bond acceptors (Lipinski definition) is 5. The molecule has 4 N–H and O–H groups in total. The second-order valence-corrected chi connectivity index (χ2v) is 11.9. The molecule has 0 unspecified atom stereocenters. The zero-order valence-corrected chi connectivity index (χ0v) is 25.3. The Morgan fingerprint density at radius 3 is 2.64 bits per heavy atom. The van der Waals surface area contributed by atoms with E-state index < -0.39 is 17.4 Å². The van der Waals surface area contributed by atoms with E-state index in [1.54, 1.807) is 41.0 Å². The van der Waals surface area contributed by atoms with Crippen molar-refractivity contribution < 1.29 is 24.6 Å². The summed E-state index contributed by atoms with van der Waals surface area (Å²) in [5.74, 6) is -1.22. The standard InChI is InChI=1S/C36H38N4O5/c1-24(8-6-14-34(43)39-19-7-9-28(39)23-41)36(45)30-11-3-5-13-32(30)40(35(36)44)22-25-15-17-27(18-16-25)38-33(42)20-26-21-37-31-12-4-2-10-29(26)31/h2-6,8,10-13,15-18,21,24,28,37,41,45H,7,9,14,19-20,22-23H2,1H3,(H,38,42)/b8-6+/t24-,28+,36+/m1/s1. The summed E-state index contributed by atoms with van der Waals surface area (Å²) < 4.78 is 0. The van der Waals surface area contributed by atoms with Crippen LogP contribution in [0.3, 0.4) is 0 Å². The van der Waals surface area contributed by atoms with Gasteiger partial charge in [-0.15, -0.1) is 0 Å². The number of aromatic amines is 1. The molecule has 0 bridgehead atoms. The van der Waals surface area contributed by atoms with Gasteiger partial charge in [0.1, 0.15) is 0 Å². The number of aliphatic hydroxyl groups is 2. The normalized spacial score (nSPS) is 20.2. The highest BCUT2D eigenvalue weighted by molar-refractivity contribution is 6.07. The van der Waals surface area contributed by atoms with Gasteiger partial charge in [0.2, 0.25) is 11.8 Å². The quantitative estimate of drug-likeness (QED) is 0.196. The molecule has 1 aromatic heterocycles. The van der Waals surface area contributed by atoms with Crippen LogP contribution in [0.25, 0.3) is 10.9 Å². The Morgan fingerprint density at radius 2 is 1.84 bits per heavy atom. The summed E-state index contributed by atoms with van der Waals surface area (Å²) in [6, 6.07) is 22.3. The van der Waals surface area contributed by atoms with Gasteiger partial charge in [-0.1, -0.05) is 67.6 Å². The molecule has 232 valence electrons. The minimum atomic E-state index is -1.78. The van der Waals surface area contributed by atoms with E-state index >= 15 is 0 Å². The average molecular weight is 607 g/mol. The number of likely N-dealkylation sites (tertiary alicyclic amines) is 1. The first-order valence-corrected chi connectivity index (χ1v) is 15.4. The number of carbonyl (C=O) groups is 3. The molecule has 0 radical (unpaired) electrons. The Morgan fingerprint density at radius 1 is 1.09 bits per heavy atom. The number of anilines is 2. The van der Waals surface area contributed by atoms with E-state index in [0.717, 1.165) is 34.9 Å². The molecule has 3 heterocycles. The number of fused-ring (bicyclic) bond motifs is 2. The highest BCUT2D eigenvalue weighted by Crippen LogP contribution is 2.45. The van der Waals surface area contributed by atoms with E-state index in [4.69, 9.17) is 0 Å². The summed E-state index contributed by atoms with van der Waals surface area (Å²) in [4.78, 5) is 45.8. The summed E-state index contributed by atoms with van der Waals surface area (Å²) in [6.07, 6.45) is 7.35. The van der Waals surface area contributed by atoms with Crippen LogP contribution in [0.5, 0.6) is 0 Å². The molecule has 1 saturated heterocycles. The highest BCUT2D eigenvalue weighted by Gasteiger charge is 2.52. The van der Waals surface area contributed by atoms with Crippen molar-refractivity contribution in [3.05, 3.63) is 108 Å². The lowest BCUT2D eigenvalue weighted by molar-refractivity contribution is -0.139. The molecule has 2 aliphatic heterocycles. The largest absolute Gasteiger partial charge is 0.394 e. The third-order valence-corrected chi connectivity index (χ3v) is 9.07. The van der Waals surface area contributed by atoms with Gasteiger partial charge < -0.3 is 30.3 Å². The van der Waals surface area contributed by atoms with Crippen LogP contribution in [0.15, 0.2) is 91.1 Å². The van der Waals surface area contributed by atoms with Crippen molar-refractivity contribution in [3.63, 3.8) is 0 Å². The van der Waals surface area contributed by atoms with Crippen molar-refractivity contribution in [2.45, 2.75) is 50.8 Å². The minimum Gasteiger partial charge on any atom is -0.394 e. The summed E-state index contributed by atoms with van der Waals surface area (Å²) in [7, 11) is 0. The molecule has 9 nitrogen and oxygen atoms in total. The Hall–Kier alpha value is -4.73. The van der Waals surface area contributed by atoms with Crippen molar-refractivity contribution in [2.75, 3.05) is 23.4 Å². The van der Waals surface area contributed by atoms with Gasteiger partial charge in [-0.3, -0.25) is 14.4 Å². The zero-order valence-electron chi connectivity index (χ0n) is 25.3. The third-order valence-electron chi connectivity index (χ3n) is 9.07. The monoisotopic (exact) mass is 606 g/mol. The van der Waals surface area contributed by atoms with Gasteiger partial charge in [0.15, 0.2) is 5.60 Å². The second-order valence-electron chi connectivity index (χ2n) is 11.9. The molecule has 0 saturated carbocycles. The fourth-order valence-electron chi connectivity index (χ4n) is 6.57. The number of nitrogens with one attached hydrogen (secondary N) is 2. The van der Waals surface area contributed by atoms with Crippen LogP contribution in [0.1, 0.15) is 42.9 Å². The first kappa shape index (κ1) is 30.3. The fourth-order valence-corrected chi connectivity index (χ4v) is 6.57. The highest BCUT2D eigenvalue weighted by atomic mass is 16.3. The number of para-hydroxylation sites is 2. The summed E-state index contributed by atoms with van der Waals surface area (Å²) in [6.45, 7) is 2.61. The zero-order chi connectivity index (χ0) is 31.6. The van der Waals surface area contributed by atoms with E-state index in [9.17, 15) is 24.6 Å². The van der Waals surface area contributed by atoms with E-state index in [0.29, 0.717) is 23.5 Å². The van der Waals surface area contributed by atoms with Crippen molar-refractivity contribution in [1.29, 1.82) is 0 Å². The van der Waals surface area contributed by atoms with E-state index in [2.05, 4.69) is 10.3 Å². The Labute approximate surface area is 262 Å². The van der Waals surface area contributed by atoms with Gasteiger partial charge in [-0.2, -0.15) is 0 Å². The van der Waals surface area contributed by atoms with Crippen molar-refractivity contribution >= 4 is 40.0 Å². The van der Waals surface area contributed by atoms with Gasteiger partial charge in [0.25, 0.3) is 5.91 Å². The van der Waals surface area contributed by atoms with Crippen LogP contribution in [0.2, 0.25) is 0 Å². The van der Waals surface area contributed by atoms with Crippen molar-refractivity contribution in [2.24, 2.45) is 5.92 Å². The molecule has 3 aromatic carbocycles. The van der Waals surface area contributed by atoms with Crippen molar-refractivity contribution in [3.8, 4) is 0 Å². The topological polar surface area (TPSA) is 126 Å². The van der Waals surface area contributed by atoms with E-state index in [-0.39, 0.29) is 43.8 Å². The smallest absolute Gasteiger partial charge is 0.264 e. The molecular formula is C36H38N4O5. The Balaban J connectivity index is 1.11. The number of aliphatic hydroxyl groups excluding tert-OH is 1. The van der Waals surface area contributed by atoms with Crippen LogP contribution < -0.4 is 10.2 Å². The van der Waals surface area contributed by atoms with Crippen LogP contribution in [-0.2, 0) is 33.0 Å². The molecule has 2 aliphatic rings. The maximum Gasteiger partial charge on any atom is 0.264 e. The summed E-state index contributed by atoms with van der Waals surface area (Å²) in [5, 5.41) is 25.4. The first-order valence-electron chi connectivity index (χ1n) is 15.4. The van der Waals surface area contributed by atoms with Gasteiger partial charge in [-0.05, 0) is 48.2 Å². The molecule has 0 spiro atoms. The third kappa shape index (κ3) is 5.89. The molecular weight excluding hydrogens is 568 g/mol. The fraction of sp³-hybridized carbons (Fsp3) is 0.306. The number of nitrogens with zero attached hydrogens (tertiary/aromatic N) is 2. The molecule has 1 fully saturated rings. The van der Waals surface area contributed by atoms with Crippen LogP contribution >= 0.6 is 0 Å². The predicted octanol–water partition coefficient (Wildman–Crippen LogP) is 4.65. The Kier molecular flexibility index (Phi) is 8.56. The molecule has 9 heteroatoms. The molecule has 6 rings (SSSR count). The second kappa shape index (κ2) is 12.7. The Bertz CT molecular complexity index is 1750. The lowest BCUT2D eigenvalue weighted by Gasteiger charge is -2.28. The number of carbonyl (C=O) groups excluding carboxylic acids is 3. The van der Waals surface area contributed by atoms with Gasteiger partial charge >= 0.3 is 0 Å². The average Bonchev–Trinajstić information content (AvgIpc) is 3.75. The maximum absolute atomic E-state index is 13.9. The van der Waals surface area contributed by atoms with Crippen molar-refractivity contribution in [1.82, 2.24) is 9.88 Å². The molecule has 3 amide bonds. The summed E-state index contributed by atoms with van der Waals surface area (Å²) >= 11 is 0. The maximum atomic E-state index is 13.9. The SMILES string of the molecule is C[C@H](/C=C/CC(=O)N1CCC[C@H]1CO)[C@@]1(O)C(=O)N(Cc2ccc(NC(=O)Cc3c[nH]c4ccccc34)cc2)c2ccccc21. The van der Waals surface area contributed by atoms with Crippen LogP contribution in [0.4, 0.5) is 11.4 Å². The van der Waals surface area contributed by atoms with Gasteiger partial charge in [0.05, 0.1) is 31.3 Å². The number of H-pyrrole nitrogens is 1. The molecule has 45 heavy (non-hydrogen) atoms. The first-order chi connectivity index (χ1) is 21.8. The summed E-state index contributed by atoms with van der Waals surface area (Å²) in [5.41, 5.74) is 2.80. The lowest BCUT2D eigenvalue weighted by Crippen LogP contribution is -2.44. The lowest BCUT2D eigenvalue weighted by atomic mass is 9.83. The molecule has 3 atom stereocenters. The van der Waals surface area contributed by atoms with Gasteiger partial charge in [0, 0.05) is 47.2 Å².